The molecule has 106 valence electrons. The molecule has 0 heterocycles. The van der Waals surface area contributed by atoms with Crippen LogP contribution in [0.15, 0.2) is 35.5 Å². The summed E-state index contributed by atoms with van der Waals surface area (Å²) >= 11 is 0. The summed E-state index contributed by atoms with van der Waals surface area (Å²) in [6, 6.07) is 10.5. The van der Waals surface area contributed by atoms with Gasteiger partial charge in [0.1, 0.15) is 5.84 Å². The molecule has 0 aliphatic carbocycles. The van der Waals surface area contributed by atoms with Crippen LogP contribution in [0.25, 0.3) is 0 Å². The zero-order valence-electron chi connectivity index (χ0n) is 11.9. The highest BCUT2D eigenvalue weighted by Gasteiger charge is 2.14. The molecule has 5 heteroatoms. The highest BCUT2D eigenvalue weighted by molar-refractivity contribution is 5.80. The van der Waals surface area contributed by atoms with Crippen LogP contribution in [-0.2, 0) is 0 Å². The third kappa shape index (κ3) is 5.28. The molecule has 1 aromatic carbocycles. The summed E-state index contributed by atoms with van der Waals surface area (Å²) < 4.78 is 0. The lowest BCUT2D eigenvalue weighted by Gasteiger charge is -2.24. The molecule has 5 nitrogen and oxygen atoms in total. The van der Waals surface area contributed by atoms with Gasteiger partial charge in [-0.05, 0) is 26.6 Å². The third-order valence-electron chi connectivity index (χ3n) is 3.28. The van der Waals surface area contributed by atoms with E-state index in [4.69, 9.17) is 10.9 Å². The first-order valence-electron chi connectivity index (χ1n) is 6.45. The van der Waals surface area contributed by atoms with Crippen LogP contribution in [0.5, 0.6) is 0 Å². The molecular weight excluding hydrogens is 240 g/mol. The highest BCUT2D eigenvalue weighted by atomic mass is 16.4. The van der Waals surface area contributed by atoms with Crippen molar-refractivity contribution < 1.29 is 5.21 Å². The number of nitrogens with zero attached hydrogens (tertiary/aromatic N) is 2. The number of likely N-dealkylation sites (N-methyl/N-ethyl adjacent to an activating group) is 1. The fraction of sp³-hybridized carbons (Fsp3) is 0.500. The van der Waals surface area contributed by atoms with Crippen molar-refractivity contribution in [1.29, 1.82) is 0 Å². The molecule has 0 saturated carbocycles. The van der Waals surface area contributed by atoms with Gasteiger partial charge < -0.3 is 21.2 Å². The summed E-state index contributed by atoms with van der Waals surface area (Å²) in [5.74, 6) is 0.235. The highest BCUT2D eigenvalue weighted by Crippen LogP contribution is 2.16. The summed E-state index contributed by atoms with van der Waals surface area (Å²) in [7, 11) is 4.10. The average Bonchev–Trinajstić information content (AvgIpc) is 2.43. The lowest BCUT2D eigenvalue weighted by molar-refractivity contribution is 0.292. The first kappa shape index (κ1) is 15.5. The lowest BCUT2D eigenvalue weighted by Crippen LogP contribution is -2.38. The van der Waals surface area contributed by atoms with Gasteiger partial charge >= 0.3 is 0 Å². The van der Waals surface area contributed by atoms with Gasteiger partial charge in [-0.1, -0.05) is 35.5 Å². The maximum atomic E-state index is 8.72. The van der Waals surface area contributed by atoms with Crippen LogP contribution in [0.4, 0.5) is 0 Å². The molecule has 0 saturated heterocycles. The number of benzene rings is 1. The summed E-state index contributed by atoms with van der Waals surface area (Å²) in [5.41, 5.74) is 6.77. The summed E-state index contributed by atoms with van der Waals surface area (Å²) in [6.07, 6.45) is 0.487. The van der Waals surface area contributed by atoms with Gasteiger partial charge in [-0.2, -0.15) is 0 Å². The largest absolute Gasteiger partial charge is 0.409 e. The molecule has 1 aromatic rings. The van der Waals surface area contributed by atoms with Gasteiger partial charge in [0.25, 0.3) is 0 Å². The zero-order chi connectivity index (χ0) is 14.3. The Bertz CT molecular complexity index is 392. The maximum absolute atomic E-state index is 8.72. The van der Waals surface area contributed by atoms with Crippen LogP contribution in [0.3, 0.4) is 0 Å². The number of nitrogens with one attached hydrogen (secondary N) is 1. The van der Waals surface area contributed by atoms with Gasteiger partial charge in [-0.25, -0.2) is 0 Å². The molecule has 19 heavy (non-hydrogen) atoms. The van der Waals surface area contributed by atoms with Gasteiger partial charge in [0, 0.05) is 25.0 Å². The van der Waals surface area contributed by atoms with Crippen LogP contribution in [-0.4, -0.2) is 42.6 Å². The van der Waals surface area contributed by atoms with Gasteiger partial charge in [0.05, 0.1) is 0 Å². The predicted octanol–water partition coefficient (Wildman–Crippen LogP) is 1.40. The lowest BCUT2D eigenvalue weighted by atomic mass is 10.0. The Hall–Kier alpha value is -1.59. The molecule has 0 aliphatic heterocycles. The van der Waals surface area contributed by atoms with Crippen molar-refractivity contribution >= 4 is 5.84 Å². The van der Waals surface area contributed by atoms with Crippen molar-refractivity contribution in [1.82, 2.24) is 10.2 Å². The van der Waals surface area contributed by atoms with E-state index in [0.29, 0.717) is 12.5 Å². The first-order chi connectivity index (χ1) is 9.04. The minimum absolute atomic E-state index is 0.0551. The van der Waals surface area contributed by atoms with Gasteiger partial charge in [-0.15, -0.1) is 0 Å². The second-order valence-corrected chi connectivity index (χ2v) is 4.98. The number of rotatable bonds is 7. The van der Waals surface area contributed by atoms with Crippen LogP contribution < -0.4 is 11.1 Å². The van der Waals surface area contributed by atoms with E-state index < -0.39 is 0 Å². The number of nitrogens with two attached hydrogens (primary N) is 1. The molecule has 0 aromatic heterocycles. The average molecular weight is 264 g/mol. The summed E-state index contributed by atoms with van der Waals surface area (Å²) in [6.45, 7) is 2.99. The van der Waals surface area contributed by atoms with Crippen LogP contribution in [0.1, 0.15) is 24.9 Å². The summed E-state index contributed by atoms with van der Waals surface area (Å²) in [4.78, 5) is 2.15. The fourth-order valence-electron chi connectivity index (χ4n) is 1.74. The van der Waals surface area contributed by atoms with E-state index in [1.807, 2.05) is 44.4 Å². The first-order valence-corrected chi connectivity index (χ1v) is 6.45. The number of oxime groups is 1. The predicted molar refractivity (Wildman–Crippen MR) is 78.4 cm³/mol. The van der Waals surface area contributed by atoms with Crippen molar-refractivity contribution in [2.75, 3.05) is 20.6 Å². The van der Waals surface area contributed by atoms with E-state index in [9.17, 15) is 0 Å². The molecule has 1 rings (SSSR count). The van der Waals surface area contributed by atoms with E-state index >= 15 is 0 Å². The molecule has 0 bridgehead atoms. The molecule has 0 fully saturated rings. The summed E-state index contributed by atoms with van der Waals surface area (Å²) in [5, 5.41) is 15.3. The Morgan fingerprint density at radius 1 is 1.37 bits per heavy atom. The Balaban J connectivity index is 2.70. The van der Waals surface area contributed by atoms with Crippen LogP contribution in [0, 0.1) is 0 Å². The quantitative estimate of drug-likeness (QED) is 0.301. The van der Waals surface area contributed by atoms with E-state index in [1.54, 1.807) is 0 Å². The smallest absolute Gasteiger partial charge is 0.141 e. The minimum Gasteiger partial charge on any atom is -0.409 e. The molecule has 0 radical (unpaired) electrons. The Kier molecular flexibility index (Phi) is 6.32. The maximum Gasteiger partial charge on any atom is 0.141 e. The molecule has 0 spiro atoms. The van der Waals surface area contributed by atoms with E-state index in [-0.39, 0.29) is 11.9 Å². The molecule has 2 atom stereocenters. The van der Waals surface area contributed by atoms with Crippen molar-refractivity contribution in [3.8, 4) is 0 Å². The second kappa shape index (κ2) is 7.76. The van der Waals surface area contributed by atoms with Crippen molar-refractivity contribution in [3.63, 3.8) is 0 Å². The van der Waals surface area contributed by atoms with Crippen LogP contribution >= 0.6 is 0 Å². The monoisotopic (exact) mass is 264 g/mol. The number of amidine groups is 1. The second-order valence-electron chi connectivity index (χ2n) is 4.98. The Morgan fingerprint density at radius 2 is 2.00 bits per heavy atom. The van der Waals surface area contributed by atoms with Gasteiger partial charge in [0.15, 0.2) is 0 Å². The van der Waals surface area contributed by atoms with E-state index in [0.717, 1.165) is 12.1 Å². The standard InChI is InChI=1S/C14H24N4O/c1-11(18(2)3)10-16-13(9-14(15)17-19)12-7-5-4-6-8-12/h4-8,11,13,16,19H,9-10H2,1-3H3,(H2,15,17). The van der Waals surface area contributed by atoms with E-state index in [2.05, 4.69) is 22.3 Å². The SMILES string of the molecule is CC(CNC(CC(N)=NO)c1ccccc1)N(C)C. The number of hydrogen-bond acceptors (Lipinski definition) is 4. The third-order valence-corrected chi connectivity index (χ3v) is 3.28. The fourth-order valence-corrected chi connectivity index (χ4v) is 1.74. The van der Waals surface area contributed by atoms with Crippen molar-refractivity contribution in [2.45, 2.75) is 25.4 Å². The van der Waals surface area contributed by atoms with E-state index in [1.165, 1.54) is 0 Å². The zero-order valence-corrected chi connectivity index (χ0v) is 11.9. The van der Waals surface area contributed by atoms with Crippen LogP contribution in [0.2, 0.25) is 0 Å². The topological polar surface area (TPSA) is 73.9 Å². The van der Waals surface area contributed by atoms with Gasteiger partial charge in [-0.3, -0.25) is 0 Å². The van der Waals surface area contributed by atoms with Crippen molar-refractivity contribution in [2.24, 2.45) is 10.9 Å². The molecule has 0 amide bonds. The van der Waals surface area contributed by atoms with Crippen molar-refractivity contribution in [3.05, 3.63) is 35.9 Å². The molecular formula is C14H24N4O. The van der Waals surface area contributed by atoms with Gasteiger partial charge in [0.2, 0.25) is 0 Å². The molecule has 2 unspecified atom stereocenters. The normalized spacial score (nSPS) is 15.5. The number of hydrogen-bond donors (Lipinski definition) is 3. The molecule has 4 N–H and O–H groups in total. The minimum atomic E-state index is 0.0551. The molecule has 0 aliphatic rings. The Morgan fingerprint density at radius 3 is 2.53 bits per heavy atom. The Labute approximate surface area is 115 Å².